The van der Waals surface area contributed by atoms with E-state index in [1.807, 2.05) is 0 Å². The van der Waals surface area contributed by atoms with E-state index in [-0.39, 0.29) is 44.6 Å². The van der Waals surface area contributed by atoms with Gasteiger partial charge in [-0.1, -0.05) is 186 Å². The average Bonchev–Trinajstić information content (AvgIpc) is 3.64. The molecule has 0 atom stereocenters. The molecule has 3 heterocycles. The molecule has 0 bridgehead atoms. The maximum Gasteiger partial charge on any atom is 0.257 e. The molecule has 1 aliphatic carbocycles. The van der Waals surface area contributed by atoms with E-state index in [0.717, 1.165) is 30.0 Å². The van der Waals surface area contributed by atoms with Crippen LogP contribution in [0.2, 0.25) is 0 Å². The molecule has 0 fully saturated rings. The molecular formula is C66H79BN2O. The van der Waals surface area contributed by atoms with Crippen LogP contribution in [0.25, 0.3) is 22.1 Å². The van der Waals surface area contributed by atoms with Gasteiger partial charge in [0.15, 0.2) is 0 Å². The van der Waals surface area contributed by atoms with Crippen LogP contribution in [0.3, 0.4) is 0 Å². The van der Waals surface area contributed by atoms with Crippen LogP contribution in [0.1, 0.15) is 183 Å². The minimum absolute atomic E-state index is 0.00908. The van der Waals surface area contributed by atoms with Gasteiger partial charge in [0.1, 0.15) is 5.58 Å². The summed E-state index contributed by atoms with van der Waals surface area (Å²) in [6.45, 7) is 44.8. The highest BCUT2D eigenvalue weighted by atomic mass is 16.4. The molecule has 0 saturated carbocycles. The summed E-state index contributed by atoms with van der Waals surface area (Å²) in [5.74, 6) is 0.912. The second-order valence-corrected chi connectivity index (χ2v) is 27.9. The summed E-state index contributed by atoms with van der Waals surface area (Å²) in [4.78, 5) is 5.16. The monoisotopic (exact) mass is 927 g/mol. The number of nitrogens with zero attached hydrogens (tertiary/aromatic N) is 2. The first-order valence-corrected chi connectivity index (χ1v) is 26.2. The molecule has 0 saturated heterocycles. The van der Waals surface area contributed by atoms with Gasteiger partial charge in [-0.2, -0.15) is 0 Å². The Bertz CT molecular complexity index is 3180. The summed E-state index contributed by atoms with van der Waals surface area (Å²) in [6, 6.07) is 43.4. The Morgan fingerprint density at radius 2 is 0.886 bits per heavy atom. The highest BCUT2D eigenvalue weighted by Crippen LogP contribution is 2.52. The van der Waals surface area contributed by atoms with E-state index in [1.165, 1.54) is 94.6 Å². The van der Waals surface area contributed by atoms with Crippen molar-refractivity contribution in [1.29, 1.82) is 0 Å². The number of rotatable bonds is 3. The number of anilines is 6. The van der Waals surface area contributed by atoms with Crippen LogP contribution in [-0.4, -0.2) is 6.71 Å². The number of fused-ring (bicyclic) bond motifs is 7. The van der Waals surface area contributed by atoms with Gasteiger partial charge in [0.2, 0.25) is 5.88 Å². The standard InChI is InChI=1S/C66H79BN2O/c1-60(2,3)42-22-20-40(21-23-42)41-32-54-58-55(33-41)69(47-27-24-43(25-28-47)61(4,5)6)59-57(49-37-44(62(7,8)9)26-29-56(49)70-59)67(58)52-38-50-51(66(18,19)31-30-65(50,16)17)39-53(52)68(54)48-35-45(63(10,11)12)34-46(36-48)64(13,14)15/h20-29,32-39H,30-31H2,1-19H3. The molecule has 6 aromatic carbocycles. The summed E-state index contributed by atoms with van der Waals surface area (Å²) < 4.78 is 7.41. The molecule has 2 aliphatic heterocycles. The third-order valence-corrected chi connectivity index (χ3v) is 16.5. The average molecular weight is 927 g/mol. The minimum Gasteiger partial charge on any atom is -0.440 e. The molecule has 0 N–H and O–H groups in total. The molecule has 3 nitrogen and oxygen atoms in total. The van der Waals surface area contributed by atoms with Crippen molar-refractivity contribution in [2.75, 3.05) is 9.80 Å². The van der Waals surface area contributed by atoms with Crippen molar-refractivity contribution in [1.82, 2.24) is 0 Å². The number of hydrogen-bond donors (Lipinski definition) is 0. The van der Waals surface area contributed by atoms with E-state index in [9.17, 15) is 0 Å². The van der Waals surface area contributed by atoms with Crippen LogP contribution in [0, 0.1) is 0 Å². The number of furan rings is 1. The Morgan fingerprint density at radius 1 is 0.414 bits per heavy atom. The maximum absolute atomic E-state index is 7.41. The van der Waals surface area contributed by atoms with Gasteiger partial charge in [0.05, 0.1) is 0 Å². The summed E-state index contributed by atoms with van der Waals surface area (Å²) in [5.41, 5.74) is 22.7. The van der Waals surface area contributed by atoms with Crippen LogP contribution in [0.5, 0.6) is 0 Å². The van der Waals surface area contributed by atoms with E-state index >= 15 is 0 Å². The van der Waals surface area contributed by atoms with E-state index in [4.69, 9.17) is 4.42 Å². The van der Waals surface area contributed by atoms with Gasteiger partial charge in [0, 0.05) is 39.3 Å². The lowest BCUT2D eigenvalue weighted by Gasteiger charge is -2.47. The lowest BCUT2D eigenvalue weighted by atomic mass is 9.33. The Hall–Kier alpha value is -5.48. The lowest BCUT2D eigenvalue weighted by molar-refractivity contribution is 0.332. The molecule has 362 valence electrons. The van der Waals surface area contributed by atoms with E-state index in [2.05, 4.69) is 251 Å². The second-order valence-electron chi connectivity index (χ2n) is 27.9. The summed E-state index contributed by atoms with van der Waals surface area (Å²) in [7, 11) is 0. The molecule has 0 spiro atoms. The van der Waals surface area contributed by atoms with Gasteiger partial charge in [-0.05, 0) is 166 Å². The van der Waals surface area contributed by atoms with Crippen molar-refractivity contribution in [2.45, 2.75) is 182 Å². The van der Waals surface area contributed by atoms with Crippen LogP contribution in [-0.2, 0) is 37.9 Å². The normalized spacial score (nSPS) is 16.5. The molecule has 70 heavy (non-hydrogen) atoms. The number of benzene rings is 6. The second kappa shape index (κ2) is 15.5. The Labute approximate surface area is 422 Å². The predicted molar refractivity (Wildman–Crippen MR) is 304 cm³/mol. The fourth-order valence-electron chi connectivity index (χ4n) is 11.6. The third kappa shape index (κ3) is 7.95. The Balaban J connectivity index is 1.40. The smallest absolute Gasteiger partial charge is 0.257 e. The maximum atomic E-state index is 7.41. The van der Waals surface area contributed by atoms with Crippen LogP contribution >= 0.6 is 0 Å². The zero-order valence-corrected chi connectivity index (χ0v) is 46.2. The quantitative estimate of drug-likeness (QED) is 0.165. The molecule has 0 radical (unpaired) electrons. The molecular weight excluding hydrogens is 848 g/mol. The summed E-state index contributed by atoms with van der Waals surface area (Å²) in [6.07, 6.45) is 2.29. The van der Waals surface area contributed by atoms with Crippen molar-refractivity contribution >= 4 is 68.4 Å². The topological polar surface area (TPSA) is 19.6 Å². The van der Waals surface area contributed by atoms with Crippen molar-refractivity contribution in [3.05, 3.63) is 148 Å². The predicted octanol–water partition coefficient (Wildman–Crippen LogP) is 17.0. The highest BCUT2D eigenvalue weighted by Gasteiger charge is 2.49. The zero-order chi connectivity index (χ0) is 50.6. The SMILES string of the molecule is CC(C)(C)c1ccc(-c2cc3c4c(c2)N(c2ccc(C(C)(C)C)cc2)c2oc5ccc(C(C)(C)C)cc5c2B4c2cc4c(cc2N3c2cc(C(C)(C)C)cc(C(C)(C)C)c2)C(C)(C)CCC4(C)C)cc1. The van der Waals surface area contributed by atoms with E-state index in [1.54, 1.807) is 0 Å². The van der Waals surface area contributed by atoms with Crippen molar-refractivity contribution < 1.29 is 4.42 Å². The van der Waals surface area contributed by atoms with Crippen LogP contribution < -0.4 is 26.2 Å². The molecule has 1 aromatic heterocycles. The van der Waals surface area contributed by atoms with Gasteiger partial charge in [-0.3, -0.25) is 4.90 Å². The van der Waals surface area contributed by atoms with E-state index < -0.39 is 0 Å². The van der Waals surface area contributed by atoms with Gasteiger partial charge in [-0.25, -0.2) is 0 Å². The first kappa shape index (κ1) is 48.2. The van der Waals surface area contributed by atoms with Gasteiger partial charge >= 0.3 is 0 Å². The minimum atomic E-state index is -0.0934. The molecule has 4 heteroatoms. The molecule has 0 amide bonds. The molecule has 3 aliphatic rings. The largest absolute Gasteiger partial charge is 0.440 e. The molecule has 10 rings (SSSR count). The van der Waals surface area contributed by atoms with Gasteiger partial charge in [-0.15, -0.1) is 0 Å². The van der Waals surface area contributed by atoms with Gasteiger partial charge in [0.25, 0.3) is 6.71 Å². The Kier molecular flexibility index (Phi) is 10.7. The first-order chi connectivity index (χ1) is 32.3. The molecule has 7 aromatic rings. The van der Waals surface area contributed by atoms with Crippen molar-refractivity contribution in [3.8, 4) is 11.1 Å². The molecule has 0 unspecified atom stereocenters. The van der Waals surface area contributed by atoms with Crippen molar-refractivity contribution in [3.63, 3.8) is 0 Å². The van der Waals surface area contributed by atoms with Crippen LogP contribution in [0.15, 0.2) is 114 Å². The van der Waals surface area contributed by atoms with E-state index in [0.29, 0.717) is 0 Å². The highest BCUT2D eigenvalue weighted by molar-refractivity contribution is 7.01. The van der Waals surface area contributed by atoms with Gasteiger partial charge < -0.3 is 9.32 Å². The fraction of sp³-hybridized carbons (Fsp3) is 0.424. The summed E-state index contributed by atoms with van der Waals surface area (Å²) in [5, 5.41) is 1.20. The third-order valence-electron chi connectivity index (χ3n) is 16.5. The zero-order valence-electron chi connectivity index (χ0n) is 46.2. The fourth-order valence-corrected chi connectivity index (χ4v) is 11.6. The first-order valence-electron chi connectivity index (χ1n) is 26.2. The number of hydrogen-bond acceptors (Lipinski definition) is 3. The van der Waals surface area contributed by atoms with Crippen molar-refractivity contribution in [2.24, 2.45) is 0 Å². The lowest BCUT2D eigenvalue weighted by Crippen LogP contribution is -2.61. The summed E-state index contributed by atoms with van der Waals surface area (Å²) >= 11 is 0. The Morgan fingerprint density at radius 3 is 1.40 bits per heavy atom. The van der Waals surface area contributed by atoms with Crippen LogP contribution in [0.4, 0.5) is 34.3 Å².